The molecule has 2 aromatic carbocycles. The number of nitrogens with zero attached hydrogens (tertiary/aromatic N) is 5. The van der Waals surface area contributed by atoms with Gasteiger partial charge in [-0.1, -0.05) is 90.9 Å². The fourth-order valence-electron chi connectivity index (χ4n) is 6.31. The van der Waals surface area contributed by atoms with Crippen LogP contribution in [0.4, 0.5) is 14.7 Å². The highest BCUT2D eigenvalue weighted by atomic mass is 32.2. The number of nitrogens with one attached hydrogen (secondary N) is 2. The van der Waals surface area contributed by atoms with Crippen LogP contribution >= 0.6 is 23.1 Å². The van der Waals surface area contributed by atoms with Crippen LogP contribution in [0.2, 0.25) is 0 Å². The van der Waals surface area contributed by atoms with E-state index in [2.05, 4.69) is 20.8 Å². The van der Waals surface area contributed by atoms with E-state index in [9.17, 15) is 33.9 Å². The lowest BCUT2D eigenvalue weighted by molar-refractivity contribution is -0.162. The number of aromatic nitrogens is 1. The molecule has 3 saturated heterocycles. The number of carboxylic acids is 1. The third kappa shape index (κ3) is 8.82. The van der Waals surface area contributed by atoms with E-state index < -0.39 is 75.7 Å². The minimum absolute atomic E-state index is 0.0247. The number of carbonyl (C=O) groups excluding carboxylic acids is 5. The third-order valence-electron chi connectivity index (χ3n) is 9.03. The number of rotatable bonds is 14. The molecule has 18 nitrogen and oxygen atoms in total. The van der Waals surface area contributed by atoms with E-state index in [1.165, 1.54) is 10.3 Å². The van der Waals surface area contributed by atoms with Crippen molar-refractivity contribution in [2.24, 2.45) is 11.0 Å². The zero-order valence-electron chi connectivity index (χ0n) is 31.4. The SMILES string of the molecule is CCC[C@H](O/N=C(\C(=O)N[C@@H]1C(=O)N2C[C@@](C(=O)O)(N3CCN(N)C3=O)S[C@H]12)c1csc(NC(=O)OC(C)(C)C)n1)C(=O)OC(c1ccccc1)c1ccccc1. The fourth-order valence-corrected chi connectivity index (χ4v) is 8.63. The molecule has 0 spiro atoms. The van der Waals surface area contributed by atoms with Crippen molar-refractivity contribution in [2.45, 2.75) is 74.6 Å². The number of thiazole rings is 1. The van der Waals surface area contributed by atoms with Gasteiger partial charge in [0, 0.05) is 11.9 Å². The van der Waals surface area contributed by atoms with Crippen LogP contribution in [0.3, 0.4) is 0 Å². The van der Waals surface area contributed by atoms with Crippen molar-refractivity contribution in [2.75, 3.05) is 25.0 Å². The summed E-state index contributed by atoms with van der Waals surface area (Å²) >= 11 is 1.78. The zero-order valence-corrected chi connectivity index (χ0v) is 33.1. The molecule has 4 heterocycles. The Bertz CT molecular complexity index is 2010. The molecule has 3 aliphatic rings. The second kappa shape index (κ2) is 16.8. The van der Waals surface area contributed by atoms with E-state index in [-0.39, 0.29) is 36.9 Å². The molecule has 1 aromatic heterocycles. The zero-order chi connectivity index (χ0) is 41.1. The quantitative estimate of drug-likeness (QED) is 0.0456. The summed E-state index contributed by atoms with van der Waals surface area (Å²) < 4.78 is 11.3. The van der Waals surface area contributed by atoms with E-state index in [0.717, 1.165) is 33.0 Å². The average Bonchev–Trinajstić information content (AvgIpc) is 3.88. The molecule has 0 radical (unpaired) electrons. The van der Waals surface area contributed by atoms with Crippen LogP contribution in [0, 0.1) is 0 Å². The molecular formula is C37H42N8O10S2. The molecule has 57 heavy (non-hydrogen) atoms. The summed E-state index contributed by atoms with van der Waals surface area (Å²) in [6, 6.07) is 16.4. The maximum atomic E-state index is 14.1. The molecule has 3 aliphatic heterocycles. The van der Waals surface area contributed by atoms with Crippen molar-refractivity contribution >= 4 is 69.8 Å². The Labute approximate surface area is 335 Å². The summed E-state index contributed by atoms with van der Waals surface area (Å²) in [5.41, 5.74) is 0.0976. The maximum absolute atomic E-state index is 14.1. The van der Waals surface area contributed by atoms with Crippen LogP contribution in [0.15, 0.2) is 71.2 Å². The van der Waals surface area contributed by atoms with Gasteiger partial charge in [0.25, 0.3) is 5.91 Å². The van der Waals surface area contributed by atoms with Gasteiger partial charge in [0.05, 0.1) is 13.1 Å². The Balaban J connectivity index is 1.26. The lowest BCUT2D eigenvalue weighted by Gasteiger charge is -2.41. The average molecular weight is 823 g/mol. The third-order valence-corrected chi connectivity index (χ3v) is 11.5. The monoisotopic (exact) mass is 822 g/mol. The first-order valence-corrected chi connectivity index (χ1v) is 19.7. The molecule has 4 atom stereocenters. The number of β-lactam (4-membered cyclic amide) rings is 1. The summed E-state index contributed by atoms with van der Waals surface area (Å²) in [7, 11) is 0. The standard InChI is InChI=1S/C37H42N8O10S2/c1-5-12-24(31(48)53-27(21-13-8-6-9-14-21)22-15-10-7-11-16-22)55-42-25(23-19-56-33(39-23)41-34(51)54-36(2,3)4)28(46)40-26-29(47)43-20-37(32(49)50,57-30(26)43)44-17-18-45(38)35(44)52/h6-11,13-16,19,24,26-27,30H,5,12,17-18,20,38H2,1-4H3,(H,40,46)(H,49,50)(H,39,41,51)/b42-25-/t24-,26+,30+,37+/m0/s1. The molecule has 3 aromatic rings. The number of fused-ring (bicyclic) bond motifs is 1. The maximum Gasteiger partial charge on any atom is 0.413 e. The molecule has 0 bridgehead atoms. The second-order valence-corrected chi connectivity index (χ2v) is 16.5. The molecule has 5 N–H and O–H groups in total. The molecular weight excluding hydrogens is 781 g/mol. The van der Waals surface area contributed by atoms with Crippen LogP contribution in [0.1, 0.15) is 63.5 Å². The number of aliphatic carboxylic acids is 1. The van der Waals surface area contributed by atoms with Gasteiger partial charge in [-0.15, -0.1) is 11.3 Å². The van der Waals surface area contributed by atoms with Crippen molar-refractivity contribution in [3.8, 4) is 0 Å². The number of hydrogen-bond acceptors (Lipinski definition) is 14. The first-order valence-electron chi connectivity index (χ1n) is 18.0. The van der Waals surface area contributed by atoms with Crippen molar-refractivity contribution in [3.05, 3.63) is 82.9 Å². The van der Waals surface area contributed by atoms with Crippen molar-refractivity contribution in [3.63, 3.8) is 0 Å². The number of amides is 5. The number of oxime groups is 1. The van der Waals surface area contributed by atoms with E-state index in [1.807, 2.05) is 67.6 Å². The highest BCUT2D eigenvalue weighted by Crippen LogP contribution is 2.49. The molecule has 0 aliphatic carbocycles. The van der Waals surface area contributed by atoms with Crippen molar-refractivity contribution < 1.29 is 48.2 Å². The summed E-state index contributed by atoms with van der Waals surface area (Å²) in [5.74, 6) is 2.08. The molecule has 0 unspecified atom stereocenters. The van der Waals surface area contributed by atoms with Crippen molar-refractivity contribution in [1.29, 1.82) is 0 Å². The number of thioether (sulfide) groups is 1. The van der Waals surface area contributed by atoms with Gasteiger partial charge in [0.1, 0.15) is 22.7 Å². The Morgan fingerprint density at radius 2 is 1.70 bits per heavy atom. The predicted molar refractivity (Wildman–Crippen MR) is 207 cm³/mol. The van der Waals surface area contributed by atoms with Gasteiger partial charge >= 0.3 is 24.1 Å². The van der Waals surface area contributed by atoms with Crippen LogP contribution in [0.25, 0.3) is 0 Å². The van der Waals surface area contributed by atoms with E-state index in [0.29, 0.717) is 17.5 Å². The molecule has 0 saturated carbocycles. The van der Waals surface area contributed by atoms with Crippen LogP contribution in [-0.4, -0.2) is 114 Å². The highest BCUT2D eigenvalue weighted by Gasteiger charge is 2.66. The lowest BCUT2D eigenvalue weighted by Crippen LogP contribution is -2.68. The van der Waals surface area contributed by atoms with Gasteiger partial charge in [-0.05, 0) is 38.3 Å². The number of nitrogens with two attached hydrogens (primary N) is 1. The molecule has 5 amide bonds. The molecule has 6 rings (SSSR count). The predicted octanol–water partition coefficient (Wildman–Crippen LogP) is 3.50. The minimum atomic E-state index is -1.84. The fraction of sp³-hybridized carbons (Fsp3) is 0.405. The number of benzene rings is 2. The number of urea groups is 1. The number of esters is 1. The number of carbonyl (C=O) groups is 6. The molecule has 3 fully saturated rings. The largest absolute Gasteiger partial charge is 0.479 e. The smallest absolute Gasteiger partial charge is 0.413 e. The normalized spacial score (nSPS) is 21.2. The number of anilines is 1. The van der Waals surface area contributed by atoms with Crippen LogP contribution in [-0.2, 0) is 33.5 Å². The topological polar surface area (TPSA) is 235 Å². The molecule has 20 heteroatoms. The number of hydrogen-bond donors (Lipinski definition) is 4. The van der Waals surface area contributed by atoms with E-state index >= 15 is 0 Å². The minimum Gasteiger partial charge on any atom is -0.479 e. The Morgan fingerprint density at radius 1 is 1.05 bits per heavy atom. The first-order chi connectivity index (χ1) is 27.1. The van der Waals surface area contributed by atoms with Gasteiger partial charge in [-0.25, -0.2) is 30.0 Å². The van der Waals surface area contributed by atoms with E-state index in [4.69, 9.17) is 20.2 Å². The van der Waals surface area contributed by atoms with Crippen LogP contribution < -0.4 is 16.5 Å². The number of ether oxygens (including phenoxy) is 2. The van der Waals surface area contributed by atoms with Crippen molar-refractivity contribution in [1.82, 2.24) is 25.1 Å². The molecule has 302 valence electrons. The number of carboxylic acid groups (broad SMARTS) is 1. The van der Waals surface area contributed by atoms with E-state index in [1.54, 1.807) is 20.8 Å². The lowest BCUT2D eigenvalue weighted by atomic mass is 10.0. The summed E-state index contributed by atoms with van der Waals surface area (Å²) in [4.78, 5) is 89.8. The van der Waals surface area contributed by atoms with Gasteiger partial charge in [0.2, 0.25) is 16.9 Å². The Morgan fingerprint density at radius 3 is 2.26 bits per heavy atom. The second-order valence-electron chi connectivity index (χ2n) is 14.3. The first kappa shape index (κ1) is 40.9. The van der Waals surface area contributed by atoms with Gasteiger partial charge < -0.3 is 29.6 Å². The summed E-state index contributed by atoms with van der Waals surface area (Å²) in [6.07, 6.45) is -2.25. The summed E-state index contributed by atoms with van der Waals surface area (Å²) in [6.45, 7) is 6.68. The van der Waals surface area contributed by atoms with Gasteiger partial charge in [-0.3, -0.25) is 24.8 Å². The van der Waals surface area contributed by atoms with Gasteiger partial charge in [-0.2, -0.15) is 0 Å². The highest BCUT2D eigenvalue weighted by molar-refractivity contribution is 8.02. The number of hydrazine groups is 1. The Kier molecular flexibility index (Phi) is 12.0. The Hall–Kier alpha value is -5.73. The van der Waals surface area contributed by atoms with Crippen LogP contribution in [0.5, 0.6) is 0 Å². The summed E-state index contributed by atoms with van der Waals surface area (Å²) in [5, 5.41) is 21.0. The van der Waals surface area contributed by atoms with Gasteiger partial charge in [0.15, 0.2) is 16.9 Å².